The van der Waals surface area contributed by atoms with Crippen LogP contribution in [0.15, 0.2) is 24.3 Å². The molecule has 3 nitrogen and oxygen atoms in total. The third kappa shape index (κ3) is 2.91. The summed E-state index contributed by atoms with van der Waals surface area (Å²) in [4.78, 5) is 12.6. The first-order valence-electron chi connectivity index (χ1n) is 7.24. The molecule has 19 heavy (non-hydrogen) atoms. The van der Waals surface area contributed by atoms with Gasteiger partial charge >= 0.3 is 0 Å². The van der Waals surface area contributed by atoms with E-state index in [1.807, 2.05) is 18.2 Å². The number of hydrogen-bond acceptors (Lipinski definition) is 2. The molecule has 1 aromatic rings. The Hall–Kier alpha value is -1.51. The minimum Gasteiger partial charge on any atom is -0.385 e. The summed E-state index contributed by atoms with van der Waals surface area (Å²) in [6, 6.07) is 8.12. The van der Waals surface area contributed by atoms with Gasteiger partial charge in [0.1, 0.15) is 0 Å². The number of fused-ring (bicyclic) bond motifs is 1. The maximum Gasteiger partial charge on any atom is 0.228 e. The summed E-state index contributed by atoms with van der Waals surface area (Å²) in [5.41, 5.74) is 2.14. The molecule has 1 heterocycles. The molecule has 0 fully saturated rings. The molecule has 1 atom stereocenters. The first kappa shape index (κ1) is 13.9. The van der Waals surface area contributed by atoms with Crippen molar-refractivity contribution >= 4 is 11.6 Å². The van der Waals surface area contributed by atoms with E-state index < -0.39 is 0 Å². The number of nitrogens with one attached hydrogen (secondary N) is 2. The number of carbonyl (C=O) groups excluding carboxylic acids is 1. The molecule has 0 aromatic heterocycles. The van der Waals surface area contributed by atoms with Crippen LogP contribution in [0.1, 0.15) is 51.5 Å². The van der Waals surface area contributed by atoms with E-state index in [2.05, 4.69) is 37.5 Å². The van der Waals surface area contributed by atoms with Crippen molar-refractivity contribution < 1.29 is 4.79 Å². The van der Waals surface area contributed by atoms with Gasteiger partial charge < -0.3 is 10.6 Å². The van der Waals surface area contributed by atoms with Gasteiger partial charge in [0.05, 0.1) is 5.92 Å². The zero-order valence-corrected chi connectivity index (χ0v) is 12.1. The Kier molecular flexibility index (Phi) is 4.13. The molecule has 0 spiro atoms. The largest absolute Gasteiger partial charge is 0.385 e. The summed E-state index contributed by atoms with van der Waals surface area (Å²) in [7, 11) is 0. The fraction of sp³-hybridized carbons (Fsp3) is 0.562. The molecule has 2 rings (SSSR count). The van der Waals surface area contributed by atoms with Crippen LogP contribution in [0.3, 0.4) is 0 Å². The second kappa shape index (κ2) is 5.64. The van der Waals surface area contributed by atoms with Crippen LogP contribution < -0.4 is 10.6 Å². The van der Waals surface area contributed by atoms with Crippen LogP contribution in [0, 0.1) is 0 Å². The van der Waals surface area contributed by atoms with E-state index in [1.54, 1.807) is 0 Å². The fourth-order valence-electron chi connectivity index (χ4n) is 2.55. The Labute approximate surface area is 115 Å². The van der Waals surface area contributed by atoms with E-state index in [-0.39, 0.29) is 17.4 Å². The average Bonchev–Trinajstić information content (AvgIpc) is 2.46. The normalized spacial score (nSPS) is 18.4. The van der Waals surface area contributed by atoms with E-state index in [9.17, 15) is 4.79 Å². The predicted octanol–water partition coefficient (Wildman–Crippen LogP) is 3.28. The van der Waals surface area contributed by atoms with Crippen molar-refractivity contribution in [3.63, 3.8) is 0 Å². The van der Waals surface area contributed by atoms with E-state index >= 15 is 0 Å². The number of para-hydroxylation sites is 1. The predicted molar refractivity (Wildman–Crippen MR) is 79.4 cm³/mol. The number of amides is 1. The molecule has 1 amide bonds. The molecule has 0 aliphatic carbocycles. The molecule has 104 valence electrons. The summed E-state index contributed by atoms with van der Waals surface area (Å²) in [6.45, 7) is 7.24. The van der Waals surface area contributed by atoms with Gasteiger partial charge in [0, 0.05) is 17.8 Å². The van der Waals surface area contributed by atoms with Gasteiger partial charge in [-0.05, 0) is 37.8 Å². The molecule has 1 aromatic carbocycles. The lowest BCUT2D eigenvalue weighted by Gasteiger charge is -2.32. The minimum atomic E-state index is -0.0864. The molecule has 0 bridgehead atoms. The number of anilines is 1. The Morgan fingerprint density at radius 2 is 2.05 bits per heavy atom. The number of rotatable bonds is 4. The van der Waals surface area contributed by atoms with Gasteiger partial charge in [0.15, 0.2) is 0 Å². The lowest BCUT2D eigenvalue weighted by molar-refractivity contribution is -0.124. The Bertz CT molecular complexity index is 452. The average molecular weight is 260 g/mol. The SMILES string of the molecule is CCC(C)(CC)NC(=O)C1CCNc2ccccc21. The lowest BCUT2D eigenvalue weighted by atomic mass is 9.88. The van der Waals surface area contributed by atoms with Crippen molar-refractivity contribution in [2.75, 3.05) is 11.9 Å². The first-order valence-corrected chi connectivity index (χ1v) is 7.24. The van der Waals surface area contributed by atoms with Gasteiger partial charge in [-0.15, -0.1) is 0 Å². The molecular formula is C16H24N2O. The highest BCUT2D eigenvalue weighted by Gasteiger charge is 2.30. The van der Waals surface area contributed by atoms with Gasteiger partial charge in [0.25, 0.3) is 0 Å². The van der Waals surface area contributed by atoms with Crippen LogP contribution in [-0.2, 0) is 4.79 Å². The van der Waals surface area contributed by atoms with Gasteiger partial charge in [-0.25, -0.2) is 0 Å². The Morgan fingerprint density at radius 1 is 1.37 bits per heavy atom. The van der Waals surface area contributed by atoms with Crippen LogP contribution in [-0.4, -0.2) is 18.0 Å². The zero-order valence-electron chi connectivity index (χ0n) is 12.1. The van der Waals surface area contributed by atoms with Crippen LogP contribution in [0.5, 0.6) is 0 Å². The second-order valence-electron chi connectivity index (χ2n) is 5.61. The van der Waals surface area contributed by atoms with E-state index in [0.717, 1.165) is 37.1 Å². The molecule has 1 aliphatic heterocycles. The third-order valence-electron chi connectivity index (χ3n) is 4.39. The van der Waals surface area contributed by atoms with Crippen molar-refractivity contribution in [1.82, 2.24) is 5.32 Å². The second-order valence-corrected chi connectivity index (χ2v) is 5.61. The standard InChI is InChI=1S/C16H24N2O/c1-4-16(3,5-2)18-15(19)13-10-11-17-14-9-7-6-8-12(13)14/h6-9,13,17H,4-5,10-11H2,1-3H3,(H,18,19). The van der Waals surface area contributed by atoms with Crippen LogP contribution >= 0.6 is 0 Å². The van der Waals surface area contributed by atoms with Gasteiger partial charge in [0.2, 0.25) is 5.91 Å². The molecule has 2 N–H and O–H groups in total. The zero-order chi connectivity index (χ0) is 13.9. The molecule has 0 radical (unpaired) electrons. The van der Waals surface area contributed by atoms with Crippen molar-refractivity contribution in [3.05, 3.63) is 29.8 Å². The summed E-state index contributed by atoms with van der Waals surface area (Å²) < 4.78 is 0. The van der Waals surface area contributed by atoms with Gasteiger partial charge in [-0.3, -0.25) is 4.79 Å². The maximum atomic E-state index is 12.6. The third-order valence-corrected chi connectivity index (χ3v) is 4.39. The van der Waals surface area contributed by atoms with E-state index in [4.69, 9.17) is 0 Å². The smallest absolute Gasteiger partial charge is 0.228 e. The quantitative estimate of drug-likeness (QED) is 0.872. The highest BCUT2D eigenvalue weighted by molar-refractivity contribution is 5.86. The molecular weight excluding hydrogens is 236 g/mol. The molecule has 0 saturated heterocycles. The fourth-order valence-corrected chi connectivity index (χ4v) is 2.55. The molecule has 1 unspecified atom stereocenters. The molecule has 1 aliphatic rings. The number of carbonyl (C=O) groups is 1. The maximum absolute atomic E-state index is 12.6. The van der Waals surface area contributed by atoms with Gasteiger partial charge in [-0.1, -0.05) is 32.0 Å². The number of hydrogen-bond donors (Lipinski definition) is 2. The molecule has 3 heteroatoms. The van der Waals surface area contributed by atoms with E-state index in [1.165, 1.54) is 0 Å². The first-order chi connectivity index (χ1) is 9.09. The lowest BCUT2D eigenvalue weighted by Crippen LogP contribution is -2.47. The summed E-state index contributed by atoms with van der Waals surface area (Å²) >= 11 is 0. The monoisotopic (exact) mass is 260 g/mol. The highest BCUT2D eigenvalue weighted by Crippen LogP contribution is 2.32. The van der Waals surface area contributed by atoms with Crippen molar-refractivity contribution in [3.8, 4) is 0 Å². The highest BCUT2D eigenvalue weighted by atomic mass is 16.2. The van der Waals surface area contributed by atoms with Crippen molar-refractivity contribution in [2.24, 2.45) is 0 Å². The van der Waals surface area contributed by atoms with Crippen molar-refractivity contribution in [2.45, 2.75) is 51.5 Å². The van der Waals surface area contributed by atoms with Crippen LogP contribution in [0.4, 0.5) is 5.69 Å². The Morgan fingerprint density at radius 3 is 2.74 bits per heavy atom. The Balaban J connectivity index is 2.17. The number of benzene rings is 1. The van der Waals surface area contributed by atoms with Crippen LogP contribution in [0.2, 0.25) is 0 Å². The van der Waals surface area contributed by atoms with Crippen molar-refractivity contribution in [1.29, 1.82) is 0 Å². The summed E-state index contributed by atoms with van der Waals surface area (Å²) in [5, 5.41) is 6.59. The topological polar surface area (TPSA) is 41.1 Å². The minimum absolute atomic E-state index is 0.0186. The van der Waals surface area contributed by atoms with E-state index in [0.29, 0.717) is 0 Å². The molecule has 0 saturated carbocycles. The van der Waals surface area contributed by atoms with Gasteiger partial charge in [-0.2, -0.15) is 0 Å². The summed E-state index contributed by atoms with van der Waals surface area (Å²) in [5.74, 6) is 0.148. The van der Waals surface area contributed by atoms with Crippen LogP contribution in [0.25, 0.3) is 0 Å². The summed E-state index contributed by atoms with van der Waals surface area (Å²) in [6.07, 6.45) is 2.79.